The fourth-order valence-corrected chi connectivity index (χ4v) is 2.89. The van der Waals surface area contributed by atoms with Gasteiger partial charge in [-0.25, -0.2) is 0 Å². The van der Waals surface area contributed by atoms with E-state index in [1.807, 2.05) is 30.3 Å². The Labute approximate surface area is 156 Å². The minimum absolute atomic E-state index is 0.182. The summed E-state index contributed by atoms with van der Waals surface area (Å²) in [5, 5.41) is 17.0. The molecular formula is C20H19N3O4. The number of amides is 1. The Bertz CT molecular complexity index is 926. The average Bonchev–Trinajstić information content (AvgIpc) is 3.14. The van der Waals surface area contributed by atoms with Crippen LogP contribution in [0.25, 0.3) is 0 Å². The van der Waals surface area contributed by atoms with E-state index in [1.54, 1.807) is 35.1 Å². The zero-order valence-electron chi connectivity index (χ0n) is 14.5. The maximum Gasteiger partial charge on any atom is 0.257 e. The molecule has 0 bridgehead atoms. The van der Waals surface area contributed by atoms with Gasteiger partial charge in [0.1, 0.15) is 6.61 Å². The molecular weight excluding hydrogens is 346 g/mol. The monoisotopic (exact) mass is 365 g/mol. The Morgan fingerprint density at radius 3 is 2.74 bits per heavy atom. The molecule has 2 unspecified atom stereocenters. The number of rotatable bonds is 5. The van der Waals surface area contributed by atoms with Gasteiger partial charge in [0.25, 0.3) is 5.91 Å². The molecule has 7 heteroatoms. The Kier molecular flexibility index (Phi) is 4.76. The number of hydrogen-bond acceptors (Lipinski definition) is 5. The van der Waals surface area contributed by atoms with Crippen LogP contribution < -0.4 is 14.8 Å². The van der Waals surface area contributed by atoms with Crippen molar-refractivity contribution in [3.8, 4) is 11.5 Å². The second kappa shape index (κ2) is 7.51. The third-order valence-electron chi connectivity index (χ3n) is 4.22. The Morgan fingerprint density at radius 2 is 1.93 bits per heavy atom. The van der Waals surface area contributed by atoms with Crippen LogP contribution in [-0.4, -0.2) is 33.5 Å². The summed E-state index contributed by atoms with van der Waals surface area (Å²) < 4.78 is 13.3. The van der Waals surface area contributed by atoms with Gasteiger partial charge in [-0.1, -0.05) is 42.5 Å². The van der Waals surface area contributed by atoms with Crippen molar-refractivity contribution in [1.29, 1.82) is 0 Å². The lowest BCUT2D eigenvalue weighted by molar-refractivity contribution is -0.124. The first-order valence-corrected chi connectivity index (χ1v) is 8.64. The standard InChI is InChI=1S/C20H19N3O4/c24-19(14-6-2-1-3-7-14)20(25)22-15-10-21-23(11-15)12-16-13-26-17-8-4-5-9-18(17)27-16/h1-11,16,19,24H,12-13H2,(H,22,25). The molecule has 0 saturated carbocycles. The second-order valence-corrected chi connectivity index (χ2v) is 6.25. The number of aliphatic hydroxyl groups excluding tert-OH is 1. The lowest BCUT2D eigenvalue weighted by Gasteiger charge is -2.26. The number of fused-ring (bicyclic) bond motifs is 1. The predicted octanol–water partition coefficient (Wildman–Crippen LogP) is 2.40. The number of anilines is 1. The molecule has 0 fully saturated rings. The number of aromatic nitrogens is 2. The van der Waals surface area contributed by atoms with E-state index in [4.69, 9.17) is 9.47 Å². The van der Waals surface area contributed by atoms with Gasteiger partial charge in [-0.3, -0.25) is 9.48 Å². The number of aliphatic hydroxyl groups is 1. The van der Waals surface area contributed by atoms with Gasteiger partial charge in [0.05, 0.1) is 18.4 Å². The lowest BCUT2D eigenvalue weighted by Crippen LogP contribution is -2.33. The summed E-state index contributed by atoms with van der Waals surface area (Å²) in [6.07, 6.45) is 1.81. The molecule has 0 spiro atoms. The van der Waals surface area contributed by atoms with E-state index in [1.165, 1.54) is 6.20 Å². The van der Waals surface area contributed by atoms with Crippen molar-refractivity contribution in [2.75, 3.05) is 11.9 Å². The number of nitrogens with zero attached hydrogens (tertiary/aromatic N) is 2. The SMILES string of the molecule is O=C(Nc1cnn(CC2COc3ccccc3O2)c1)C(O)c1ccccc1. The van der Waals surface area contributed by atoms with Crippen molar-refractivity contribution in [3.05, 3.63) is 72.6 Å². The average molecular weight is 365 g/mol. The maximum absolute atomic E-state index is 12.2. The smallest absolute Gasteiger partial charge is 0.257 e. The first kappa shape index (κ1) is 17.1. The van der Waals surface area contributed by atoms with E-state index < -0.39 is 12.0 Å². The fraction of sp³-hybridized carbons (Fsp3) is 0.200. The maximum atomic E-state index is 12.2. The molecule has 4 rings (SSSR count). The van der Waals surface area contributed by atoms with Gasteiger partial charge in [0, 0.05) is 6.20 Å². The molecule has 0 saturated heterocycles. The van der Waals surface area contributed by atoms with Crippen molar-refractivity contribution in [2.24, 2.45) is 0 Å². The Balaban J connectivity index is 1.36. The molecule has 1 aliphatic rings. The Hall–Kier alpha value is -3.32. The van der Waals surface area contributed by atoms with Crippen LogP contribution in [0.3, 0.4) is 0 Å². The van der Waals surface area contributed by atoms with Crippen molar-refractivity contribution >= 4 is 11.6 Å². The van der Waals surface area contributed by atoms with Gasteiger partial charge in [-0.15, -0.1) is 0 Å². The summed E-state index contributed by atoms with van der Waals surface area (Å²) >= 11 is 0. The molecule has 3 aromatic rings. The lowest BCUT2D eigenvalue weighted by atomic mass is 10.1. The molecule has 0 radical (unpaired) electrons. The zero-order chi connectivity index (χ0) is 18.6. The highest BCUT2D eigenvalue weighted by Crippen LogP contribution is 2.31. The molecule has 138 valence electrons. The van der Waals surface area contributed by atoms with E-state index in [9.17, 15) is 9.90 Å². The first-order chi connectivity index (χ1) is 13.2. The minimum Gasteiger partial charge on any atom is -0.486 e. The quantitative estimate of drug-likeness (QED) is 0.725. The largest absolute Gasteiger partial charge is 0.486 e. The van der Waals surface area contributed by atoms with Crippen molar-refractivity contribution < 1.29 is 19.4 Å². The number of para-hydroxylation sites is 2. The first-order valence-electron chi connectivity index (χ1n) is 8.64. The number of benzene rings is 2. The Morgan fingerprint density at radius 1 is 1.19 bits per heavy atom. The summed E-state index contributed by atoms with van der Waals surface area (Å²) in [5.74, 6) is 0.935. The third-order valence-corrected chi connectivity index (χ3v) is 4.22. The van der Waals surface area contributed by atoms with Crippen LogP contribution in [0.4, 0.5) is 5.69 Å². The van der Waals surface area contributed by atoms with Gasteiger partial charge in [-0.2, -0.15) is 5.10 Å². The highest BCUT2D eigenvalue weighted by Gasteiger charge is 2.22. The number of carbonyl (C=O) groups excluding carboxylic acids is 1. The van der Waals surface area contributed by atoms with Crippen LogP contribution in [0.2, 0.25) is 0 Å². The van der Waals surface area contributed by atoms with Crippen molar-refractivity contribution in [1.82, 2.24) is 9.78 Å². The van der Waals surface area contributed by atoms with E-state index in [-0.39, 0.29) is 6.10 Å². The molecule has 1 amide bonds. The number of ether oxygens (including phenoxy) is 2. The topological polar surface area (TPSA) is 85.6 Å². The van der Waals surface area contributed by atoms with E-state index in [0.29, 0.717) is 30.2 Å². The molecule has 27 heavy (non-hydrogen) atoms. The summed E-state index contributed by atoms with van der Waals surface area (Å²) in [6, 6.07) is 16.3. The van der Waals surface area contributed by atoms with Crippen LogP contribution >= 0.6 is 0 Å². The van der Waals surface area contributed by atoms with Gasteiger partial charge in [0.15, 0.2) is 23.7 Å². The summed E-state index contributed by atoms with van der Waals surface area (Å²) in [7, 11) is 0. The second-order valence-electron chi connectivity index (χ2n) is 6.25. The minimum atomic E-state index is -1.24. The van der Waals surface area contributed by atoms with Crippen molar-refractivity contribution in [2.45, 2.75) is 18.8 Å². The molecule has 1 aliphatic heterocycles. The van der Waals surface area contributed by atoms with E-state index in [2.05, 4.69) is 10.4 Å². The number of carbonyl (C=O) groups is 1. The van der Waals surface area contributed by atoms with Crippen LogP contribution in [0.5, 0.6) is 11.5 Å². The normalized spacial score (nSPS) is 16.6. The molecule has 7 nitrogen and oxygen atoms in total. The fourth-order valence-electron chi connectivity index (χ4n) is 2.89. The van der Waals surface area contributed by atoms with Crippen LogP contribution in [-0.2, 0) is 11.3 Å². The summed E-state index contributed by atoms with van der Waals surface area (Å²) in [5.41, 5.74) is 1.04. The summed E-state index contributed by atoms with van der Waals surface area (Å²) in [4.78, 5) is 12.2. The highest BCUT2D eigenvalue weighted by atomic mass is 16.6. The zero-order valence-corrected chi connectivity index (χ0v) is 14.5. The van der Waals surface area contributed by atoms with Crippen LogP contribution in [0, 0.1) is 0 Å². The van der Waals surface area contributed by atoms with Crippen LogP contribution in [0.1, 0.15) is 11.7 Å². The highest BCUT2D eigenvalue weighted by molar-refractivity contribution is 5.94. The molecule has 2 aromatic carbocycles. The molecule has 2 heterocycles. The van der Waals surface area contributed by atoms with Gasteiger partial charge >= 0.3 is 0 Å². The van der Waals surface area contributed by atoms with Crippen LogP contribution in [0.15, 0.2) is 67.0 Å². The van der Waals surface area contributed by atoms with E-state index in [0.717, 1.165) is 5.75 Å². The molecule has 1 aromatic heterocycles. The molecule has 0 aliphatic carbocycles. The molecule has 2 atom stereocenters. The predicted molar refractivity (Wildman–Crippen MR) is 98.6 cm³/mol. The van der Waals surface area contributed by atoms with Crippen molar-refractivity contribution in [3.63, 3.8) is 0 Å². The summed E-state index contributed by atoms with van der Waals surface area (Å²) in [6.45, 7) is 0.900. The van der Waals surface area contributed by atoms with Gasteiger partial charge in [-0.05, 0) is 17.7 Å². The van der Waals surface area contributed by atoms with E-state index >= 15 is 0 Å². The number of hydrogen-bond donors (Lipinski definition) is 2. The molecule has 2 N–H and O–H groups in total. The van der Waals surface area contributed by atoms with Gasteiger partial charge in [0.2, 0.25) is 0 Å². The third kappa shape index (κ3) is 3.93. The number of nitrogens with one attached hydrogen (secondary N) is 1. The van der Waals surface area contributed by atoms with Gasteiger partial charge < -0.3 is 19.9 Å².